The Labute approximate surface area is 146 Å². The largest absolute Gasteiger partial charge is 0.390 e. The molecule has 0 spiro atoms. The predicted octanol–water partition coefficient (Wildman–Crippen LogP) is 3.02. The summed E-state index contributed by atoms with van der Waals surface area (Å²) >= 11 is 3.38. The number of nitrogens with zero attached hydrogens (tertiary/aromatic N) is 2. The molecule has 0 aliphatic rings. The maximum atomic E-state index is 12.6. The maximum Gasteiger partial charge on any atom is 0.274 e. The van der Waals surface area contributed by atoms with Crippen LogP contribution in [0.4, 0.5) is 5.69 Å². The van der Waals surface area contributed by atoms with Gasteiger partial charge in [0.05, 0.1) is 18.5 Å². The van der Waals surface area contributed by atoms with Gasteiger partial charge in [-0.3, -0.25) is 9.20 Å². The van der Waals surface area contributed by atoms with Gasteiger partial charge in [-0.25, -0.2) is 4.98 Å². The number of aliphatic hydroxyl groups is 1. The van der Waals surface area contributed by atoms with Crippen molar-refractivity contribution in [3.8, 4) is 0 Å². The molecule has 0 bridgehead atoms. The van der Waals surface area contributed by atoms with E-state index < -0.39 is 0 Å². The van der Waals surface area contributed by atoms with E-state index >= 15 is 0 Å². The predicted molar refractivity (Wildman–Crippen MR) is 95.9 cm³/mol. The topological polar surface area (TPSA) is 90.5 Å². The Morgan fingerprint density at radius 1 is 1.38 bits per heavy atom. The molecule has 0 saturated carbocycles. The number of carbonyl (C=O) groups is 1. The molecule has 122 valence electrons. The number of amides is 1. The van der Waals surface area contributed by atoms with Crippen LogP contribution in [0.15, 0.2) is 47.2 Å². The Balaban J connectivity index is 1.94. The van der Waals surface area contributed by atoms with Crippen LogP contribution in [-0.4, -0.2) is 32.7 Å². The van der Waals surface area contributed by atoms with Gasteiger partial charge in [0, 0.05) is 16.4 Å². The van der Waals surface area contributed by atoms with Gasteiger partial charge in [-0.15, -0.1) is 0 Å². The molecule has 24 heavy (non-hydrogen) atoms. The fraction of sp³-hybridized carbons (Fsp3) is 0.118. The van der Waals surface area contributed by atoms with Gasteiger partial charge in [0.25, 0.3) is 5.91 Å². The minimum absolute atomic E-state index is 0.101. The molecule has 3 rings (SSSR count). The molecule has 1 amide bonds. The van der Waals surface area contributed by atoms with Crippen molar-refractivity contribution in [2.24, 2.45) is 0 Å². The van der Waals surface area contributed by atoms with Gasteiger partial charge in [-0.05, 0) is 52.2 Å². The van der Waals surface area contributed by atoms with Crippen molar-refractivity contribution < 1.29 is 9.90 Å². The molecule has 6 nitrogen and oxygen atoms in total. The molecule has 0 fully saturated rings. The maximum absolute atomic E-state index is 12.6. The van der Waals surface area contributed by atoms with Crippen LogP contribution in [0, 0.1) is 12.3 Å². The fourth-order valence-electron chi connectivity index (χ4n) is 2.34. The Hall–Kier alpha value is -2.51. The monoisotopic (exact) mass is 386 g/mol. The number of aryl methyl sites for hydroxylation is 1. The van der Waals surface area contributed by atoms with Crippen LogP contribution in [0.2, 0.25) is 0 Å². The zero-order chi connectivity index (χ0) is 17.3. The van der Waals surface area contributed by atoms with Crippen molar-refractivity contribution in [3.63, 3.8) is 0 Å². The average Bonchev–Trinajstić information content (AvgIpc) is 2.99. The second kappa shape index (κ2) is 6.54. The molecule has 0 radical (unpaired) electrons. The third kappa shape index (κ3) is 3.08. The Morgan fingerprint density at radius 3 is 2.92 bits per heavy atom. The summed E-state index contributed by atoms with van der Waals surface area (Å²) < 4.78 is 2.55. The van der Waals surface area contributed by atoms with E-state index in [2.05, 4.69) is 26.2 Å². The van der Waals surface area contributed by atoms with Gasteiger partial charge in [-0.2, -0.15) is 0 Å². The first-order chi connectivity index (χ1) is 11.5. The number of hydrogen-bond acceptors (Lipinski definition) is 4. The molecule has 0 saturated heterocycles. The summed E-state index contributed by atoms with van der Waals surface area (Å²) in [4.78, 5) is 16.8. The number of benzene rings is 1. The van der Waals surface area contributed by atoms with Crippen molar-refractivity contribution in [1.82, 2.24) is 9.38 Å². The average molecular weight is 387 g/mol. The smallest absolute Gasteiger partial charge is 0.274 e. The summed E-state index contributed by atoms with van der Waals surface area (Å²) in [5.41, 5.74) is 3.22. The van der Waals surface area contributed by atoms with Crippen LogP contribution in [0.3, 0.4) is 0 Å². The number of anilines is 1. The van der Waals surface area contributed by atoms with Crippen molar-refractivity contribution in [1.29, 1.82) is 5.41 Å². The number of fused-ring (bicyclic) bond motifs is 1. The number of aromatic nitrogens is 2. The van der Waals surface area contributed by atoms with Crippen molar-refractivity contribution in [2.45, 2.75) is 6.92 Å². The summed E-state index contributed by atoms with van der Waals surface area (Å²) in [5, 5.41) is 19.7. The quantitative estimate of drug-likeness (QED) is 0.601. The summed E-state index contributed by atoms with van der Waals surface area (Å²) in [5.74, 6) is -0.295. The molecule has 0 aliphatic carbocycles. The molecule has 3 aromatic rings. The van der Waals surface area contributed by atoms with Gasteiger partial charge in [0.1, 0.15) is 11.3 Å². The first-order valence-corrected chi connectivity index (χ1v) is 8.02. The molecule has 1 aromatic carbocycles. The van der Waals surface area contributed by atoms with Gasteiger partial charge in [-0.1, -0.05) is 12.1 Å². The number of nitrogens with one attached hydrogen (secondary N) is 2. The van der Waals surface area contributed by atoms with Gasteiger partial charge in [0.15, 0.2) is 0 Å². The first-order valence-electron chi connectivity index (χ1n) is 7.23. The highest BCUT2D eigenvalue weighted by Gasteiger charge is 2.14. The number of rotatable bonds is 4. The second-order valence-electron chi connectivity index (χ2n) is 5.34. The van der Waals surface area contributed by atoms with E-state index in [0.717, 1.165) is 10.0 Å². The molecule has 7 heteroatoms. The summed E-state index contributed by atoms with van der Waals surface area (Å²) in [6.45, 7) is 1.52. The number of aliphatic hydroxyl groups excluding tert-OH is 1. The zero-order valence-corrected chi connectivity index (χ0v) is 14.5. The SMILES string of the molecule is Cc1ccc(C(=N)CO)cc1NC(=O)c1cnc2ccc(Br)cn12. The Bertz CT molecular complexity index is 949. The number of halogens is 1. The van der Waals surface area contributed by atoms with Crippen LogP contribution in [0.1, 0.15) is 21.6 Å². The second-order valence-corrected chi connectivity index (χ2v) is 6.26. The van der Waals surface area contributed by atoms with Gasteiger partial charge >= 0.3 is 0 Å². The fourth-order valence-corrected chi connectivity index (χ4v) is 2.68. The van der Waals surface area contributed by atoms with Crippen LogP contribution in [0.25, 0.3) is 5.65 Å². The summed E-state index contributed by atoms with van der Waals surface area (Å²) in [6, 6.07) is 8.91. The summed E-state index contributed by atoms with van der Waals surface area (Å²) in [7, 11) is 0. The normalized spacial score (nSPS) is 10.8. The third-order valence-electron chi connectivity index (χ3n) is 3.69. The van der Waals surface area contributed by atoms with Crippen molar-refractivity contribution in [2.75, 3.05) is 11.9 Å². The highest BCUT2D eigenvalue weighted by atomic mass is 79.9. The molecular formula is C17H15BrN4O2. The number of imidazole rings is 1. The van der Waals surface area contributed by atoms with Crippen molar-refractivity contribution in [3.05, 3.63) is 64.0 Å². The lowest BCUT2D eigenvalue weighted by Crippen LogP contribution is -2.16. The van der Waals surface area contributed by atoms with Crippen molar-refractivity contribution >= 4 is 38.9 Å². The lowest BCUT2D eigenvalue weighted by Gasteiger charge is -2.11. The molecule has 3 N–H and O–H groups in total. The molecule has 2 heterocycles. The van der Waals surface area contributed by atoms with E-state index in [-0.39, 0.29) is 18.2 Å². The van der Waals surface area contributed by atoms with Crippen LogP contribution in [-0.2, 0) is 0 Å². The van der Waals surface area contributed by atoms with Crippen LogP contribution < -0.4 is 5.32 Å². The lowest BCUT2D eigenvalue weighted by molar-refractivity contribution is 0.102. The standard InChI is InChI=1S/C17H15BrN4O2/c1-10-2-3-11(13(19)9-23)6-14(10)21-17(24)15-7-20-16-5-4-12(18)8-22(15)16/h2-8,19,23H,9H2,1H3,(H,21,24). The van der Waals surface area contributed by atoms with Crippen LogP contribution >= 0.6 is 15.9 Å². The van der Waals surface area contributed by atoms with E-state index in [1.807, 2.05) is 19.1 Å². The van der Waals surface area contributed by atoms with Crippen LogP contribution in [0.5, 0.6) is 0 Å². The van der Waals surface area contributed by atoms with E-state index in [1.165, 1.54) is 6.20 Å². The highest BCUT2D eigenvalue weighted by molar-refractivity contribution is 9.10. The minimum Gasteiger partial charge on any atom is -0.390 e. The van der Waals surface area contributed by atoms with E-state index in [9.17, 15) is 4.79 Å². The highest BCUT2D eigenvalue weighted by Crippen LogP contribution is 2.19. The Morgan fingerprint density at radius 2 is 2.17 bits per heavy atom. The number of pyridine rings is 1. The summed E-state index contributed by atoms with van der Waals surface area (Å²) in [6.07, 6.45) is 3.30. The molecule has 0 aliphatic heterocycles. The lowest BCUT2D eigenvalue weighted by atomic mass is 10.1. The minimum atomic E-state index is -0.349. The number of carbonyl (C=O) groups excluding carboxylic acids is 1. The zero-order valence-electron chi connectivity index (χ0n) is 12.9. The third-order valence-corrected chi connectivity index (χ3v) is 4.16. The van der Waals surface area contributed by atoms with E-state index in [1.54, 1.807) is 28.8 Å². The van der Waals surface area contributed by atoms with E-state index in [4.69, 9.17) is 10.5 Å². The molecular weight excluding hydrogens is 372 g/mol. The number of hydrogen-bond donors (Lipinski definition) is 3. The Kier molecular flexibility index (Phi) is 4.46. The first kappa shape index (κ1) is 16.4. The van der Waals surface area contributed by atoms with Gasteiger partial charge in [0.2, 0.25) is 0 Å². The molecule has 0 atom stereocenters. The molecule has 0 unspecified atom stereocenters. The van der Waals surface area contributed by atoms with Gasteiger partial charge < -0.3 is 15.8 Å². The van der Waals surface area contributed by atoms with E-state index in [0.29, 0.717) is 22.6 Å². The molecule has 2 aromatic heterocycles.